The van der Waals surface area contributed by atoms with Gasteiger partial charge in [0.15, 0.2) is 5.75 Å². The first-order chi connectivity index (χ1) is 7.29. The third kappa shape index (κ3) is 6.20. The van der Waals surface area contributed by atoms with E-state index in [1.165, 1.54) is 6.07 Å². The molecule has 0 atom stereocenters. The summed E-state index contributed by atoms with van der Waals surface area (Å²) in [6, 6.07) is 3.56. The number of benzene rings is 1. The third-order valence-corrected chi connectivity index (χ3v) is 2.04. The summed E-state index contributed by atoms with van der Waals surface area (Å²) in [5, 5.41) is 10.5. The van der Waals surface area contributed by atoms with Crippen LogP contribution >= 0.6 is 15.9 Å². The van der Waals surface area contributed by atoms with Crippen LogP contribution in [0, 0.1) is 10.1 Å². The molecule has 1 aromatic carbocycles. The van der Waals surface area contributed by atoms with E-state index in [0.717, 1.165) is 12.1 Å². The molecule has 0 bridgehead atoms. The summed E-state index contributed by atoms with van der Waals surface area (Å²) >= 11 is 2.98. The Morgan fingerprint density at radius 3 is 2.47 bits per heavy atom. The number of ether oxygens (including phenoxy) is 1. The minimum Gasteiger partial charge on any atom is -0.517 e. The first-order valence-corrected chi connectivity index (χ1v) is 4.86. The van der Waals surface area contributed by atoms with Gasteiger partial charge in [-0.05, 0) is 12.1 Å². The zero-order chi connectivity index (χ0) is 12.3. The third-order valence-electron chi connectivity index (χ3n) is 1.55. The van der Waals surface area contributed by atoms with E-state index in [4.69, 9.17) is 0 Å². The number of nitrogens with zero attached hydrogens (tertiary/aromatic N) is 1. The van der Waals surface area contributed by atoms with Gasteiger partial charge in [0.25, 0.3) is 0 Å². The van der Waals surface area contributed by atoms with E-state index < -0.39 is 29.8 Å². The fourth-order valence-electron chi connectivity index (χ4n) is 0.940. The molecule has 17 heavy (non-hydrogen) atoms. The largest absolute Gasteiger partial charge is 1.00 e. The first-order valence-electron chi connectivity index (χ1n) is 4.07. The Hall–Kier alpha value is 0.391. The van der Waals surface area contributed by atoms with Crippen LogP contribution in [0.5, 0.6) is 5.75 Å². The normalized spacial score (nSPS) is 10.6. The molecule has 0 spiro atoms. The Morgan fingerprint density at radius 1 is 1.41 bits per heavy atom. The molecule has 1 aromatic rings. The summed E-state index contributed by atoms with van der Waals surface area (Å²) in [5.41, 5.74) is -0.505. The van der Waals surface area contributed by atoms with Gasteiger partial charge >= 0.3 is 64.0 Å². The summed E-state index contributed by atoms with van der Waals surface area (Å²) in [7, 11) is 0. The molecular weight excluding hydrogens is 333 g/mol. The van der Waals surface area contributed by atoms with Crippen LogP contribution in [-0.2, 0) is 0 Å². The molecule has 0 aliphatic heterocycles. The molecule has 10 heteroatoms. The van der Waals surface area contributed by atoms with Crippen molar-refractivity contribution < 1.29 is 74.0 Å². The summed E-state index contributed by atoms with van der Waals surface area (Å²) in [6.45, 7) is -6.63. The van der Waals surface area contributed by atoms with Crippen molar-refractivity contribution in [1.82, 2.24) is 0 Å². The molecule has 1 rings (SSSR count). The van der Waals surface area contributed by atoms with E-state index in [9.17, 15) is 23.1 Å². The van der Waals surface area contributed by atoms with Gasteiger partial charge in [-0.2, -0.15) is 0 Å². The summed E-state index contributed by atoms with van der Waals surface area (Å²) in [6.07, 6.45) is 0. The van der Waals surface area contributed by atoms with Crippen LogP contribution in [0.4, 0.5) is 18.6 Å². The number of nitro benzene ring substituents is 1. The topological polar surface area (TPSA) is 52.4 Å². The van der Waals surface area contributed by atoms with Crippen LogP contribution in [0.2, 0.25) is 0 Å². The molecule has 0 aliphatic rings. The Kier molecular flexibility index (Phi) is 7.26. The summed E-state index contributed by atoms with van der Waals surface area (Å²) in [4.78, 5) is 9.72. The maximum Gasteiger partial charge on any atom is 1.00 e. The monoisotopic (exact) mass is 337 g/mol. The maximum absolute atomic E-state index is 11.9. The van der Waals surface area contributed by atoms with Gasteiger partial charge in [-0.15, -0.1) is 0 Å². The van der Waals surface area contributed by atoms with E-state index in [2.05, 4.69) is 20.7 Å². The molecular formula is C7H5BBrF3KNO3. The Morgan fingerprint density at radius 2 is 2.00 bits per heavy atom. The van der Waals surface area contributed by atoms with Gasteiger partial charge in [-0.1, -0.05) is 15.9 Å². The Balaban J connectivity index is 0.00000256. The Bertz CT molecular complexity index is 418. The molecule has 0 aromatic heterocycles. The van der Waals surface area contributed by atoms with Crippen LogP contribution in [-0.4, -0.2) is 18.4 Å². The number of hydrogen-bond acceptors (Lipinski definition) is 3. The molecule has 88 valence electrons. The first kappa shape index (κ1) is 17.4. The van der Waals surface area contributed by atoms with Crippen LogP contribution in [0.15, 0.2) is 22.7 Å². The number of halogens is 4. The van der Waals surface area contributed by atoms with Crippen LogP contribution in [0.1, 0.15) is 0 Å². The quantitative estimate of drug-likeness (QED) is 0.446. The fourth-order valence-corrected chi connectivity index (χ4v) is 1.29. The van der Waals surface area contributed by atoms with Crippen LogP contribution in [0.25, 0.3) is 0 Å². The van der Waals surface area contributed by atoms with Gasteiger partial charge in [0, 0.05) is 10.5 Å². The van der Waals surface area contributed by atoms with Gasteiger partial charge < -0.3 is 17.7 Å². The van der Waals surface area contributed by atoms with E-state index in [1.54, 1.807) is 0 Å². The summed E-state index contributed by atoms with van der Waals surface area (Å²) < 4.78 is 40.5. The molecule has 0 N–H and O–H groups in total. The number of hydrogen-bond donors (Lipinski definition) is 0. The van der Waals surface area contributed by atoms with Crippen molar-refractivity contribution in [2.24, 2.45) is 0 Å². The summed E-state index contributed by atoms with van der Waals surface area (Å²) in [5.74, 6) is -0.396. The zero-order valence-corrected chi connectivity index (χ0v) is 13.4. The predicted molar refractivity (Wildman–Crippen MR) is 55.4 cm³/mol. The van der Waals surface area contributed by atoms with Crippen molar-refractivity contribution >= 4 is 28.6 Å². The Labute approximate surface area is 146 Å². The molecule has 0 amide bonds. The van der Waals surface area contributed by atoms with Gasteiger partial charge in [0.2, 0.25) is 0 Å². The van der Waals surface area contributed by atoms with Crippen LogP contribution < -0.4 is 56.1 Å². The number of rotatable bonds is 4. The average molecular weight is 338 g/mol. The van der Waals surface area contributed by atoms with Gasteiger partial charge in [-0.3, -0.25) is 10.1 Å². The fraction of sp³-hybridized carbons (Fsp3) is 0.143. The van der Waals surface area contributed by atoms with Crippen molar-refractivity contribution in [1.29, 1.82) is 0 Å². The molecule has 0 aliphatic carbocycles. The molecule has 0 heterocycles. The molecule has 0 fully saturated rings. The predicted octanol–water partition coefficient (Wildman–Crippen LogP) is 0.127. The second-order valence-electron chi connectivity index (χ2n) is 2.89. The van der Waals surface area contributed by atoms with E-state index in [1.807, 2.05) is 0 Å². The number of nitro groups is 1. The second kappa shape index (κ2) is 7.10. The molecule has 0 saturated heterocycles. The van der Waals surface area contributed by atoms with E-state index >= 15 is 0 Å². The zero-order valence-electron chi connectivity index (χ0n) is 8.70. The van der Waals surface area contributed by atoms with Crippen molar-refractivity contribution in [2.75, 3.05) is 6.51 Å². The minimum atomic E-state index is -5.13. The van der Waals surface area contributed by atoms with Crippen molar-refractivity contribution in [3.63, 3.8) is 0 Å². The van der Waals surface area contributed by atoms with Gasteiger partial charge in [0.1, 0.15) is 0 Å². The smallest absolute Gasteiger partial charge is 0.517 e. The van der Waals surface area contributed by atoms with Crippen molar-refractivity contribution in [2.45, 2.75) is 0 Å². The SMILES string of the molecule is O=[N+]([O-])c1cc(Br)ccc1OC[B-](F)(F)F.[K+]. The van der Waals surface area contributed by atoms with E-state index in [-0.39, 0.29) is 51.4 Å². The van der Waals surface area contributed by atoms with Gasteiger partial charge in [0.05, 0.1) is 11.4 Å². The van der Waals surface area contributed by atoms with Crippen LogP contribution in [0.3, 0.4) is 0 Å². The maximum atomic E-state index is 11.9. The molecule has 4 nitrogen and oxygen atoms in total. The van der Waals surface area contributed by atoms with E-state index in [0.29, 0.717) is 4.47 Å². The van der Waals surface area contributed by atoms with Crippen molar-refractivity contribution in [3.8, 4) is 5.75 Å². The van der Waals surface area contributed by atoms with Crippen molar-refractivity contribution in [3.05, 3.63) is 32.8 Å². The van der Waals surface area contributed by atoms with Gasteiger partial charge in [-0.25, -0.2) is 0 Å². The standard InChI is InChI=1S/C7H5BBrF3NO3.K/c9-5-1-2-7(6(3-5)13(14)15)16-4-8(10,11)12;/h1-3H,4H2;/q-1;+1. The molecule has 0 radical (unpaired) electrons. The minimum absolute atomic E-state index is 0. The average Bonchev–Trinajstić information content (AvgIpc) is 2.14. The second-order valence-corrected chi connectivity index (χ2v) is 3.81. The molecule has 0 unspecified atom stereocenters. The molecule has 0 saturated carbocycles.